The highest BCUT2D eigenvalue weighted by molar-refractivity contribution is 5.67. The molecule has 140 valence electrons. The van der Waals surface area contributed by atoms with Crippen molar-refractivity contribution in [2.45, 2.75) is 56.4 Å². The van der Waals surface area contributed by atoms with Crippen molar-refractivity contribution in [1.82, 2.24) is 4.90 Å². The van der Waals surface area contributed by atoms with E-state index in [0.29, 0.717) is 23.7 Å². The molecule has 1 aromatic carbocycles. The smallest absolute Gasteiger partial charge is 0.302 e. The quantitative estimate of drug-likeness (QED) is 0.797. The number of hydrogen-bond acceptors (Lipinski definition) is 7. The summed E-state index contributed by atoms with van der Waals surface area (Å²) in [7, 11) is 1.64. The average molecular weight is 361 g/mol. The van der Waals surface area contributed by atoms with Crippen molar-refractivity contribution in [3.05, 3.63) is 17.2 Å². The Bertz CT molecular complexity index is 780. The summed E-state index contributed by atoms with van der Waals surface area (Å²) in [6.45, 7) is 3.24. The molecule has 3 heterocycles. The van der Waals surface area contributed by atoms with E-state index in [1.54, 1.807) is 7.11 Å². The molecule has 0 spiro atoms. The number of nitrogens with zero attached hydrogens (tertiary/aromatic N) is 1. The molecule has 2 bridgehead atoms. The fourth-order valence-electron chi connectivity index (χ4n) is 5.62. The zero-order valence-electron chi connectivity index (χ0n) is 15.0. The molecular formula is C19H23NO6. The Morgan fingerprint density at radius 3 is 3.00 bits per heavy atom. The number of benzene rings is 1. The van der Waals surface area contributed by atoms with E-state index < -0.39 is 17.6 Å². The van der Waals surface area contributed by atoms with Crippen molar-refractivity contribution in [1.29, 1.82) is 0 Å². The molecule has 0 aromatic heterocycles. The fraction of sp³-hybridized carbons (Fsp3) is 0.632. The van der Waals surface area contributed by atoms with Crippen molar-refractivity contribution >= 4 is 5.97 Å². The number of ether oxygens (including phenoxy) is 4. The zero-order valence-corrected chi connectivity index (χ0v) is 15.0. The van der Waals surface area contributed by atoms with Crippen molar-refractivity contribution < 1.29 is 28.8 Å². The Morgan fingerprint density at radius 1 is 1.38 bits per heavy atom. The van der Waals surface area contributed by atoms with Crippen LogP contribution in [0.25, 0.3) is 0 Å². The zero-order chi connectivity index (χ0) is 18.1. The van der Waals surface area contributed by atoms with Gasteiger partial charge in [-0.25, -0.2) is 0 Å². The molecule has 3 aliphatic heterocycles. The number of hydrogen-bond donors (Lipinski definition) is 1. The minimum Gasteiger partial charge on any atom is -0.492 e. The van der Waals surface area contributed by atoms with Crippen molar-refractivity contribution in [2.24, 2.45) is 0 Å². The first kappa shape index (κ1) is 16.2. The van der Waals surface area contributed by atoms with Crippen LogP contribution in [0.3, 0.4) is 0 Å². The second-order valence-electron chi connectivity index (χ2n) is 7.62. The van der Waals surface area contributed by atoms with E-state index in [1.165, 1.54) is 6.92 Å². The van der Waals surface area contributed by atoms with Gasteiger partial charge in [-0.15, -0.1) is 0 Å². The number of carbonyl (C=O) groups excluding carboxylic acids is 1. The van der Waals surface area contributed by atoms with Crippen LogP contribution >= 0.6 is 0 Å². The predicted octanol–water partition coefficient (Wildman–Crippen LogP) is 1.34. The summed E-state index contributed by atoms with van der Waals surface area (Å²) in [6.07, 6.45) is 1.17. The molecule has 7 heteroatoms. The summed E-state index contributed by atoms with van der Waals surface area (Å²) in [4.78, 5) is 13.9. The van der Waals surface area contributed by atoms with E-state index in [1.807, 2.05) is 6.07 Å². The number of carbonyl (C=O) groups is 1. The van der Waals surface area contributed by atoms with Gasteiger partial charge in [0.2, 0.25) is 12.5 Å². The summed E-state index contributed by atoms with van der Waals surface area (Å²) in [5.41, 5.74) is 1.63. The number of esters is 1. The number of aliphatic hydroxyl groups excluding tert-OH is 1. The van der Waals surface area contributed by atoms with E-state index in [-0.39, 0.29) is 18.8 Å². The Hall–Kier alpha value is -1.99. The standard InChI is InChI=1S/C19H23NO6/c1-10(21)26-13-3-4-15-19(18(13)22)5-6-20(15)8-11-12(19)7-14-17(16(11)23-2)25-9-24-14/h7,13,15,18,22H,3-6,8-9H2,1-2H3/t13-,15+,18-,19-/m0/s1. The maximum atomic E-state index is 11.5. The Balaban J connectivity index is 1.68. The summed E-state index contributed by atoms with van der Waals surface area (Å²) >= 11 is 0. The van der Waals surface area contributed by atoms with Gasteiger partial charge in [-0.3, -0.25) is 9.69 Å². The second-order valence-corrected chi connectivity index (χ2v) is 7.62. The topological polar surface area (TPSA) is 77.5 Å². The van der Waals surface area contributed by atoms with Gasteiger partial charge in [0.15, 0.2) is 11.5 Å². The molecule has 1 unspecified atom stereocenters. The summed E-state index contributed by atoms with van der Waals surface area (Å²) in [5, 5.41) is 11.3. The van der Waals surface area contributed by atoms with Crippen LogP contribution in [0.15, 0.2) is 6.07 Å². The Morgan fingerprint density at radius 2 is 2.23 bits per heavy atom. The maximum absolute atomic E-state index is 11.5. The fourth-order valence-corrected chi connectivity index (χ4v) is 5.62. The molecule has 0 radical (unpaired) electrons. The first-order chi connectivity index (χ1) is 12.6. The number of methoxy groups -OCH3 is 1. The van der Waals surface area contributed by atoms with Gasteiger partial charge in [-0.1, -0.05) is 0 Å². The third-order valence-corrected chi connectivity index (χ3v) is 6.56. The van der Waals surface area contributed by atoms with Crippen LogP contribution in [0.1, 0.15) is 37.3 Å². The number of aliphatic hydroxyl groups is 1. The van der Waals surface area contributed by atoms with Crippen LogP contribution in [0.2, 0.25) is 0 Å². The van der Waals surface area contributed by atoms with E-state index in [9.17, 15) is 9.90 Å². The molecule has 1 aliphatic carbocycles. The lowest BCUT2D eigenvalue weighted by Gasteiger charge is -2.51. The molecular weight excluding hydrogens is 338 g/mol. The molecule has 5 atom stereocenters. The first-order valence-corrected chi connectivity index (χ1v) is 9.15. The number of rotatable bonds is 2. The summed E-state index contributed by atoms with van der Waals surface area (Å²) in [6, 6.07) is 2.25. The maximum Gasteiger partial charge on any atom is 0.302 e. The van der Waals surface area contributed by atoms with Gasteiger partial charge in [0.05, 0.1) is 7.11 Å². The second kappa shape index (κ2) is 5.50. The van der Waals surface area contributed by atoms with E-state index in [2.05, 4.69) is 4.90 Å². The average Bonchev–Trinajstić information content (AvgIpc) is 3.18. The molecule has 1 aromatic rings. The third kappa shape index (κ3) is 1.93. The van der Waals surface area contributed by atoms with Gasteiger partial charge in [-0.2, -0.15) is 0 Å². The van der Waals surface area contributed by atoms with Crippen LogP contribution in [0.4, 0.5) is 0 Å². The van der Waals surface area contributed by atoms with Gasteiger partial charge in [-0.05, 0) is 37.4 Å². The molecule has 4 aliphatic rings. The minimum atomic E-state index is -0.751. The lowest BCUT2D eigenvalue weighted by molar-refractivity contribution is -0.162. The molecule has 0 amide bonds. The van der Waals surface area contributed by atoms with Crippen LogP contribution < -0.4 is 14.2 Å². The molecule has 5 rings (SSSR count). The largest absolute Gasteiger partial charge is 0.492 e. The van der Waals surface area contributed by atoms with Gasteiger partial charge in [0.25, 0.3) is 0 Å². The van der Waals surface area contributed by atoms with Gasteiger partial charge in [0, 0.05) is 30.5 Å². The highest BCUT2D eigenvalue weighted by Crippen LogP contribution is 2.58. The van der Waals surface area contributed by atoms with Gasteiger partial charge >= 0.3 is 5.97 Å². The molecule has 26 heavy (non-hydrogen) atoms. The van der Waals surface area contributed by atoms with E-state index in [0.717, 1.165) is 37.1 Å². The lowest BCUT2D eigenvalue weighted by Crippen LogP contribution is -2.61. The third-order valence-electron chi connectivity index (χ3n) is 6.56. The number of fused-ring (bicyclic) bond motifs is 2. The highest BCUT2D eigenvalue weighted by atomic mass is 16.7. The lowest BCUT2D eigenvalue weighted by atomic mass is 9.61. The Labute approximate surface area is 151 Å². The SMILES string of the molecule is COc1c2c(cc3c1OCO3)[C@@]13CCN(C2)[C@@H]1CC[C@H](OC(C)=O)[C@@H]3O. The minimum absolute atomic E-state index is 0.174. The summed E-state index contributed by atoms with van der Waals surface area (Å²) in [5.74, 6) is 1.65. The van der Waals surface area contributed by atoms with E-state index >= 15 is 0 Å². The Kier molecular flexibility index (Phi) is 3.43. The van der Waals surface area contributed by atoms with Crippen LogP contribution in [-0.4, -0.2) is 54.7 Å². The monoisotopic (exact) mass is 361 g/mol. The normalized spacial score (nSPS) is 36.3. The van der Waals surface area contributed by atoms with Crippen molar-refractivity contribution in [3.8, 4) is 17.2 Å². The molecule has 1 N–H and O–H groups in total. The van der Waals surface area contributed by atoms with Crippen LogP contribution in [0, 0.1) is 0 Å². The molecule has 1 saturated carbocycles. The molecule has 1 saturated heterocycles. The van der Waals surface area contributed by atoms with Gasteiger partial charge < -0.3 is 24.1 Å². The van der Waals surface area contributed by atoms with E-state index in [4.69, 9.17) is 18.9 Å². The van der Waals surface area contributed by atoms with Crippen LogP contribution in [0.5, 0.6) is 17.2 Å². The van der Waals surface area contributed by atoms with Crippen molar-refractivity contribution in [2.75, 3.05) is 20.4 Å². The van der Waals surface area contributed by atoms with Crippen LogP contribution in [-0.2, 0) is 21.5 Å². The van der Waals surface area contributed by atoms with Gasteiger partial charge in [0.1, 0.15) is 12.2 Å². The van der Waals surface area contributed by atoms with Crippen molar-refractivity contribution in [3.63, 3.8) is 0 Å². The summed E-state index contributed by atoms with van der Waals surface area (Å²) < 4.78 is 22.4. The highest BCUT2D eigenvalue weighted by Gasteiger charge is 2.61. The predicted molar refractivity (Wildman–Crippen MR) is 90.4 cm³/mol. The molecule has 2 fully saturated rings. The first-order valence-electron chi connectivity index (χ1n) is 9.15. The molecule has 7 nitrogen and oxygen atoms in total.